The number of aromatic carboxylic acids is 1. The first kappa shape index (κ1) is 12.6. The van der Waals surface area contributed by atoms with Crippen LogP contribution in [0.5, 0.6) is 0 Å². The molecule has 0 aliphatic carbocycles. The Labute approximate surface area is 104 Å². The molecule has 0 aliphatic rings. The van der Waals surface area contributed by atoms with Gasteiger partial charge >= 0.3 is 12.1 Å². The summed E-state index contributed by atoms with van der Waals surface area (Å²) in [6.45, 7) is 0. The van der Waals surface area contributed by atoms with E-state index in [4.69, 9.17) is 5.11 Å². The van der Waals surface area contributed by atoms with E-state index in [0.717, 1.165) is 23.5 Å². The molecular formula is C12H7F3O2S. The molecule has 2 nitrogen and oxygen atoms in total. The summed E-state index contributed by atoms with van der Waals surface area (Å²) >= 11 is 1.04. The zero-order chi connectivity index (χ0) is 13.3. The molecule has 0 spiro atoms. The Balaban J connectivity index is 2.31. The highest BCUT2D eigenvalue weighted by molar-refractivity contribution is 7.12. The van der Waals surface area contributed by atoms with E-state index in [0.29, 0.717) is 11.1 Å². The number of thiophene rings is 1. The quantitative estimate of drug-likeness (QED) is 0.892. The van der Waals surface area contributed by atoms with Gasteiger partial charge in [0.1, 0.15) is 4.88 Å². The first-order valence-corrected chi connectivity index (χ1v) is 5.75. The van der Waals surface area contributed by atoms with Gasteiger partial charge in [-0.1, -0.05) is 12.1 Å². The summed E-state index contributed by atoms with van der Waals surface area (Å²) in [6, 6.07) is 6.06. The molecule has 2 aromatic rings. The third kappa shape index (κ3) is 2.53. The number of carboxylic acid groups (broad SMARTS) is 1. The van der Waals surface area contributed by atoms with E-state index >= 15 is 0 Å². The lowest BCUT2D eigenvalue weighted by molar-refractivity contribution is -0.137. The summed E-state index contributed by atoms with van der Waals surface area (Å²) in [5, 5.41) is 10.4. The largest absolute Gasteiger partial charge is 0.477 e. The van der Waals surface area contributed by atoms with E-state index in [1.54, 1.807) is 5.38 Å². The van der Waals surface area contributed by atoms with Crippen LogP contribution in [0.3, 0.4) is 0 Å². The van der Waals surface area contributed by atoms with Gasteiger partial charge in [0.25, 0.3) is 0 Å². The normalized spacial score (nSPS) is 11.5. The molecule has 0 radical (unpaired) electrons. The average molecular weight is 272 g/mol. The molecule has 0 saturated heterocycles. The molecule has 0 fully saturated rings. The zero-order valence-electron chi connectivity index (χ0n) is 8.86. The van der Waals surface area contributed by atoms with Crippen molar-refractivity contribution < 1.29 is 23.1 Å². The maximum absolute atomic E-state index is 12.4. The highest BCUT2D eigenvalue weighted by Gasteiger charge is 2.29. The SMILES string of the molecule is O=C(O)c1cc(-c2ccc(C(F)(F)F)cc2)cs1. The number of alkyl halides is 3. The van der Waals surface area contributed by atoms with Crippen LogP contribution in [-0.2, 0) is 6.18 Å². The minimum Gasteiger partial charge on any atom is -0.477 e. The van der Waals surface area contributed by atoms with Gasteiger partial charge in [-0.25, -0.2) is 4.79 Å². The number of hydrogen-bond acceptors (Lipinski definition) is 2. The Kier molecular flexibility index (Phi) is 3.13. The van der Waals surface area contributed by atoms with E-state index in [2.05, 4.69) is 0 Å². The average Bonchev–Trinajstić information content (AvgIpc) is 2.77. The van der Waals surface area contributed by atoms with Crippen LogP contribution in [0.1, 0.15) is 15.2 Å². The Morgan fingerprint density at radius 2 is 1.72 bits per heavy atom. The Bertz CT molecular complexity index is 570. The number of rotatable bonds is 2. The van der Waals surface area contributed by atoms with Gasteiger partial charge in [0, 0.05) is 0 Å². The van der Waals surface area contributed by atoms with Crippen LogP contribution in [0.15, 0.2) is 35.7 Å². The molecule has 6 heteroatoms. The lowest BCUT2D eigenvalue weighted by Gasteiger charge is -2.06. The standard InChI is InChI=1S/C12H7F3O2S/c13-12(14,15)9-3-1-7(2-4-9)8-5-10(11(16)17)18-6-8/h1-6H,(H,16,17). The first-order valence-electron chi connectivity index (χ1n) is 4.87. The molecule has 1 N–H and O–H groups in total. The second-order valence-corrected chi connectivity index (χ2v) is 4.49. The van der Waals surface area contributed by atoms with Gasteiger partial charge in [-0.05, 0) is 34.7 Å². The fraction of sp³-hybridized carbons (Fsp3) is 0.0833. The molecule has 2 rings (SSSR count). The van der Waals surface area contributed by atoms with Crippen molar-refractivity contribution in [3.63, 3.8) is 0 Å². The highest BCUT2D eigenvalue weighted by atomic mass is 32.1. The van der Waals surface area contributed by atoms with E-state index in [-0.39, 0.29) is 4.88 Å². The Morgan fingerprint density at radius 1 is 1.11 bits per heavy atom. The Morgan fingerprint density at radius 3 is 2.17 bits per heavy atom. The first-order chi connectivity index (χ1) is 8.38. The van der Waals surface area contributed by atoms with Crippen LogP contribution >= 0.6 is 11.3 Å². The molecule has 0 atom stereocenters. The van der Waals surface area contributed by atoms with Crippen LogP contribution < -0.4 is 0 Å². The molecule has 1 aromatic heterocycles. The summed E-state index contributed by atoms with van der Waals surface area (Å²) < 4.78 is 37.1. The minimum atomic E-state index is -4.36. The molecule has 0 unspecified atom stereocenters. The van der Waals surface area contributed by atoms with Crippen LogP contribution in [0.2, 0.25) is 0 Å². The second kappa shape index (κ2) is 4.45. The summed E-state index contributed by atoms with van der Waals surface area (Å²) in [5.41, 5.74) is 0.442. The molecule has 1 aromatic carbocycles. The van der Waals surface area contributed by atoms with Gasteiger partial charge in [-0.15, -0.1) is 11.3 Å². The van der Waals surface area contributed by atoms with Crippen molar-refractivity contribution in [2.45, 2.75) is 6.18 Å². The third-order valence-corrected chi connectivity index (χ3v) is 3.27. The topological polar surface area (TPSA) is 37.3 Å². The summed E-state index contributed by atoms with van der Waals surface area (Å²) in [5.74, 6) is -1.04. The van der Waals surface area contributed by atoms with Crippen molar-refractivity contribution in [1.29, 1.82) is 0 Å². The molecule has 94 valence electrons. The summed E-state index contributed by atoms with van der Waals surface area (Å²) in [7, 11) is 0. The maximum Gasteiger partial charge on any atom is 0.416 e. The third-order valence-electron chi connectivity index (χ3n) is 2.36. The van der Waals surface area contributed by atoms with E-state index in [1.165, 1.54) is 18.2 Å². The molecule has 1 heterocycles. The molecule has 0 aliphatic heterocycles. The molecule has 0 bridgehead atoms. The monoisotopic (exact) mass is 272 g/mol. The van der Waals surface area contributed by atoms with E-state index in [9.17, 15) is 18.0 Å². The number of carbonyl (C=O) groups is 1. The number of benzene rings is 1. The fourth-order valence-corrected chi connectivity index (χ4v) is 2.21. The molecule has 0 saturated carbocycles. The van der Waals surface area contributed by atoms with Crippen LogP contribution in [0, 0.1) is 0 Å². The van der Waals surface area contributed by atoms with E-state index < -0.39 is 17.7 Å². The molecular weight excluding hydrogens is 265 g/mol. The van der Waals surface area contributed by atoms with Crippen LogP contribution in [0.4, 0.5) is 13.2 Å². The van der Waals surface area contributed by atoms with Gasteiger partial charge < -0.3 is 5.11 Å². The molecule has 18 heavy (non-hydrogen) atoms. The van der Waals surface area contributed by atoms with Crippen molar-refractivity contribution >= 4 is 17.3 Å². The summed E-state index contributed by atoms with van der Waals surface area (Å²) in [6.07, 6.45) is -4.36. The number of carboxylic acids is 1. The predicted molar refractivity (Wildman–Crippen MR) is 61.7 cm³/mol. The zero-order valence-corrected chi connectivity index (χ0v) is 9.68. The lowest BCUT2D eigenvalue weighted by atomic mass is 10.1. The van der Waals surface area contributed by atoms with E-state index in [1.807, 2.05) is 0 Å². The van der Waals surface area contributed by atoms with Crippen molar-refractivity contribution in [3.8, 4) is 11.1 Å². The van der Waals surface area contributed by atoms with Crippen molar-refractivity contribution in [1.82, 2.24) is 0 Å². The fourth-order valence-electron chi connectivity index (χ4n) is 1.45. The smallest absolute Gasteiger partial charge is 0.416 e. The highest BCUT2D eigenvalue weighted by Crippen LogP contribution is 2.32. The Hall–Kier alpha value is -1.82. The van der Waals surface area contributed by atoms with Crippen LogP contribution in [-0.4, -0.2) is 11.1 Å². The maximum atomic E-state index is 12.4. The summed E-state index contributed by atoms with van der Waals surface area (Å²) in [4.78, 5) is 10.9. The van der Waals surface area contributed by atoms with Crippen molar-refractivity contribution in [2.24, 2.45) is 0 Å². The molecule has 0 amide bonds. The van der Waals surface area contributed by atoms with Gasteiger partial charge in [-0.3, -0.25) is 0 Å². The van der Waals surface area contributed by atoms with Crippen molar-refractivity contribution in [3.05, 3.63) is 46.2 Å². The van der Waals surface area contributed by atoms with Gasteiger partial charge in [-0.2, -0.15) is 13.2 Å². The van der Waals surface area contributed by atoms with Gasteiger partial charge in [0.05, 0.1) is 5.56 Å². The number of hydrogen-bond donors (Lipinski definition) is 1. The van der Waals surface area contributed by atoms with Crippen LogP contribution in [0.25, 0.3) is 11.1 Å². The lowest BCUT2D eigenvalue weighted by Crippen LogP contribution is -2.03. The minimum absolute atomic E-state index is 0.157. The number of halogens is 3. The van der Waals surface area contributed by atoms with Gasteiger partial charge in [0.2, 0.25) is 0 Å². The van der Waals surface area contributed by atoms with Crippen molar-refractivity contribution in [2.75, 3.05) is 0 Å². The van der Waals surface area contributed by atoms with Gasteiger partial charge in [0.15, 0.2) is 0 Å². The second-order valence-electron chi connectivity index (χ2n) is 3.58. The predicted octanol–water partition coefficient (Wildman–Crippen LogP) is 4.13.